The Balaban J connectivity index is 1.90. The Bertz CT molecular complexity index is 1130. The summed E-state index contributed by atoms with van der Waals surface area (Å²) < 4.78 is 34.2. The summed E-state index contributed by atoms with van der Waals surface area (Å²) in [4.78, 5) is 24.9. The van der Waals surface area contributed by atoms with Gasteiger partial charge in [0.2, 0.25) is 5.88 Å². The molecule has 0 unspecified atom stereocenters. The van der Waals surface area contributed by atoms with Crippen LogP contribution in [-0.4, -0.2) is 33.0 Å². The third-order valence-corrected chi connectivity index (χ3v) is 5.44. The van der Waals surface area contributed by atoms with Gasteiger partial charge in [0.15, 0.2) is 0 Å². The summed E-state index contributed by atoms with van der Waals surface area (Å²) in [6, 6.07) is 12.4. The number of alkyl halides is 2. The number of nitrogens with one attached hydrogen (secondary N) is 1. The molecule has 0 spiro atoms. The summed E-state index contributed by atoms with van der Waals surface area (Å²) in [6.45, 7) is 1.66. The highest BCUT2D eigenvalue weighted by Gasteiger charge is 2.30. The number of amides is 1. The fourth-order valence-electron chi connectivity index (χ4n) is 3.05. The highest BCUT2D eigenvalue weighted by molar-refractivity contribution is 7.98. The van der Waals surface area contributed by atoms with E-state index in [0.29, 0.717) is 11.3 Å². The fraction of sp³-hybridized carbons (Fsp3) is 0.227. The number of hydrogen-bond donors (Lipinski definition) is 2. The maximum atomic E-state index is 13.6. The number of ether oxygens (including phenoxy) is 1. The number of carbonyl (C=O) groups excluding carboxylic acids is 1. The maximum Gasteiger partial charge on any atom is 0.335 e. The van der Waals surface area contributed by atoms with Crippen molar-refractivity contribution in [3.63, 3.8) is 0 Å². The van der Waals surface area contributed by atoms with Crippen LogP contribution in [0.25, 0.3) is 0 Å². The van der Waals surface area contributed by atoms with Crippen LogP contribution < -0.4 is 10.1 Å². The van der Waals surface area contributed by atoms with Crippen LogP contribution in [0.15, 0.2) is 53.4 Å². The molecule has 168 valence electrons. The van der Waals surface area contributed by atoms with Gasteiger partial charge in [-0.1, -0.05) is 18.2 Å². The van der Waals surface area contributed by atoms with Crippen molar-refractivity contribution in [1.29, 1.82) is 0 Å². The smallest absolute Gasteiger partial charge is 0.335 e. The van der Waals surface area contributed by atoms with Gasteiger partial charge >= 0.3 is 5.97 Å². The highest BCUT2D eigenvalue weighted by Crippen LogP contribution is 2.33. The maximum absolute atomic E-state index is 13.6. The second-order valence-electron chi connectivity index (χ2n) is 6.89. The van der Waals surface area contributed by atoms with Crippen molar-refractivity contribution in [3.05, 3.63) is 70.9 Å². The van der Waals surface area contributed by atoms with Gasteiger partial charge in [-0.05, 0) is 49.1 Å². The van der Waals surface area contributed by atoms with Gasteiger partial charge < -0.3 is 15.2 Å². The van der Waals surface area contributed by atoms with E-state index in [2.05, 4.69) is 10.4 Å². The third-order valence-electron chi connectivity index (χ3n) is 4.72. The number of aryl methyl sites for hydroxylation is 1. The summed E-state index contributed by atoms with van der Waals surface area (Å²) in [7, 11) is 1.42. The average molecular weight is 461 g/mol. The Morgan fingerprint density at radius 1 is 1.19 bits per heavy atom. The van der Waals surface area contributed by atoms with Crippen molar-refractivity contribution in [3.8, 4) is 11.6 Å². The Hall–Kier alpha value is -3.40. The molecule has 0 fully saturated rings. The first kappa shape index (κ1) is 23.3. The SMILES string of the molecule is CSc1cccc(Oc2c(C(=O)N[C@@H](C)c3ccc(C(=O)O)cc3)c(C(F)F)nn2C)c1. The number of benzene rings is 2. The number of aromatic carboxylic acids is 1. The largest absolute Gasteiger partial charge is 0.478 e. The van der Waals surface area contributed by atoms with Crippen molar-refractivity contribution in [2.24, 2.45) is 7.05 Å². The van der Waals surface area contributed by atoms with E-state index in [1.165, 1.54) is 30.9 Å². The van der Waals surface area contributed by atoms with E-state index < -0.39 is 30.0 Å². The number of hydrogen-bond acceptors (Lipinski definition) is 5. The number of nitrogens with zero attached hydrogens (tertiary/aromatic N) is 2. The topological polar surface area (TPSA) is 93.4 Å². The van der Waals surface area contributed by atoms with Crippen LogP contribution in [0, 0.1) is 0 Å². The summed E-state index contributed by atoms with van der Waals surface area (Å²) in [5, 5.41) is 15.5. The Morgan fingerprint density at radius 2 is 1.88 bits per heavy atom. The number of halogens is 2. The fourth-order valence-corrected chi connectivity index (χ4v) is 3.50. The minimum absolute atomic E-state index is 0.0997. The zero-order valence-electron chi connectivity index (χ0n) is 17.5. The Morgan fingerprint density at radius 3 is 2.47 bits per heavy atom. The van der Waals surface area contributed by atoms with E-state index in [1.54, 1.807) is 37.3 Å². The molecule has 3 aromatic rings. The zero-order chi connectivity index (χ0) is 23.4. The second kappa shape index (κ2) is 9.82. The van der Waals surface area contributed by atoms with Crippen LogP contribution >= 0.6 is 11.8 Å². The number of rotatable bonds is 8. The quantitative estimate of drug-likeness (QED) is 0.456. The lowest BCUT2D eigenvalue weighted by atomic mass is 10.1. The summed E-state index contributed by atoms with van der Waals surface area (Å²) >= 11 is 1.49. The highest BCUT2D eigenvalue weighted by atomic mass is 32.2. The lowest BCUT2D eigenvalue weighted by molar-refractivity contribution is 0.0696. The van der Waals surface area contributed by atoms with Crippen molar-refractivity contribution >= 4 is 23.6 Å². The molecular weight excluding hydrogens is 440 g/mol. The van der Waals surface area contributed by atoms with Gasteiger partial charge in [0, 0.05) is 11.9 Å². The zero-order valence-corrected chi connectivity index (χ0v) is 18.3. The molecular formula is C22H21F2N3O4S. The number of carboxylic acid groups (broad SMARTS) is 1. The van der Waals surface area contributed by atoms with Crippen molar-refractivity contribution in [2.45, 2.75) is 24.3 Å². The molecule has 0 radical (unpaired) electrons. The van der Waals surface area contributed by atoms with Crippen LogP contribution in [0.1, 0.15) is 51.4 Å². The lowest BCUT2D eigenvalue weighted by Gasteiger charge is -2.16. The van der Waals surface area contributed by atoms with Gasteiger partial charge in [-0.15, -0.1) is 11.8 Å². The van der Waals surface area contributed by atoms with E-state index in [9.17, 15) is 18.4 Å². The number of aromatic nitrogens is 2. The molecule has 32 heavy (non-hydrogen) atoms. The van der Waals surface area contributed by atoms with Crippen LogP contribution in [0.2, 0.25) is 0 Å². The molecule has 7 nitrogen and oxygen atoms in total. The molecule has 0 bridgehead atoms. The van der Waals surface area contributed by atoms with Crippen molar-refractivity contribution < 1.29 is 28.2 Å². The first-order valence-electron chi connectivity index (χ1n) is 9.52. The van der Waals surface area contributed by atoms with E-state index in [0.717, 1.165) is 9.58 Å². The molecule has 0 saturated heterocycles. The second-order valence-corrected chi connectivity index (χ2v) is 7.77. The molecule has 0 aliphatic carbocycles. The van der Waals surface area contributed by atoms with Gasteiger partial charge in [0.25, 0.3) is 12.3 Å². The summed E-state index contributed by atoms with van der Waals surface area (Å²) in [6.07, 6.45) is -1.09. The summed E-state index contributed by atoms with van der Waals surface area (Å²) in [5.74, 6) is -1.58. The predicted molar refractivity (Wildman–Crippen MR) is 116 cm³/mol. The van der Waals surface area contributed by atoms with E-state index >= 15 is 0 Å². The van der Waals surface area contributed by atoms with Crippen LogP contribution in [0.3, 0.4) is 0 Å². The molecule has 0 aliphatic heterocycles. The van der Waals surface area contributed by atoms with Gasteiger partial charge in [-0.25, -0.2) is 18.3 Å². The molecule has 0 saturated carbocycles. The Kier molecular flexibility index (Phi) is 7.14. The molecule has 3 rings (SSSR count). The standard InChI is InChI=1S/C22H21F2N3O4S/c1-12(13-7-9-14(10-8-13)22(29)30)25-20(28)17-18(19(23)24)26-27(2)21(17)31-15-5-4-6-16(11-15)32-3/h4-12,19H,1-3H3,(H,25,28)(H,29,30)/t12-/m0/s1. The van der Waals surface area contributed by atoms with Crippen LogP contribution in [-0.2, 0) is 7.05 Å². The van der Waals surface area contributed by atoms with Crippen LogP contribution in [0.4, 0.5) is 8.78 Å². The van der Waals surface area contributed by atoms with Gasteiger partial charge in [-0.2, -0.15) is 5.10 Å². The van der Waals surface area contributed by atoms with E-state index in [4.69, 9.17) is 9.84 Å². The molecule has 1 amide bonds. The van der Waals surface area contributed by atoms with Gasteiger partial charge in [-0.3, -0.25) is 4.79 Å². The normalized spacial score (nSPS) is 11.9. The molecule has 0 aliphatic rings. The molecule has 1 heterocycles. The molecule has 2 N–H and O–H groups in total. The molecule has 1 atom stereocenters. The minimum atomic E-state index is -2.98. The molecule has 10 heteroatoms. The lowest BCUT2D eigenvalue weighted by Crippen LogP contribution is -2.27. The van der Waals surface area contributed by atoms with Gasteiger partial charge in [0.1, 0.15) is 17.0 Å². The first-order chi connectivity index (χ1) is 15.2. The molecule has 1 aromatic heterocycles. The van der Waals surface area contributed by atoms with Crippen molar-refractivity contribution in [2.75, 3.05) is 6.26 Å². The average Bonchev–Trinajstić information content (AvgIpc) is 3.10. The molecule has 2 aromatic carbocycles. The Labute approximate surface area is 187 Å². The first-order valence-corrected chi connectivity index (χ1v) is 10.7. The third kappa shape index (κ3) is 5.08. The van der Waals surface area contributed by atoms with E-state index in [1.807, 2.05) is 12.3 Å². The van der Waals surface area contributed by atoms with Crippen LogP contribution in [0.5, 0.6) is 11.6 Å². The monoisotopic (exact) mass is 461 g/mol. The van der Waals surface area contributed by atoms with Crippen molar-refractivity contribution in [1.82, 2.24) is 15.1 Å². The minimum Gasteiger partial charge on any atom is -0.478 e. The summed E-state index contributed by atoms with van der Waals surface area (Å²) in [5.41, 5.74) is -0.329. The number of thioether (sulfide) groups is 1. The number of carbonyl (C=O) groups is 2. The number of carboxylic acids is 1. The van der Waals surface area contributed by atoms with E-state index in [-0.39, 0.29) is 17.0 Å². The predicted octanol–water partition coefficient (Wildman–Crippen LogP) is 5.06. The van der Waals surface area contributed by atoms with Gasteiger partial charge in [0.05, 0.1) is 11.6 Å².